The highest BCUT2D eigenvalue weighted by Crippen LogP contribution is 2.28. The molecule has 2 heterocycles. The highest BCUT2D eigenvalue weighted by atomic mass is 19.1. The zero-order chi connectivity index (χ0) is 18.6. The first-order valence-electron chi connectivity index (χ1n) is 9.80. The summed E-state index contributed by atoms with van der Waals surface area (Å²) in [6, 6.07) is 17.4. The van der Waals surface area contributed by atoms with Crippen molar-refractivity contribution in [2.45, 2.75) is 18.8 Å². The number of benzene rings is 2. The average Bonchev–Trinajstić information content (AvgIpc) is 2.75. The van der Waals surface area contributed by atoms with E-state index in [0.717, 1.165) is 57.8 Å². The van der Waals surface area contributed by atoms with Gasteiger partial charge < -0.3 is 14.7 Å². The van der Waals surface area contributed by atoms with Gasteiger partial charge in [0.05, 0.1) is 0 Å². The second-order valence-corrected chi connectivity index (χ2v) is 7.41. The number of piperidine rings is 1. The molecule has 0 saturated carbocycles. The third-order valence-corrected chi connectivity index (χ3v) is 5.78. The lowest BCUT2D eigenvalue weighted by molar-refractivity contribution is 0.137. The standard InChI is InChI=1S/C22H26FN3O/c23-20-6-8-21(9-7-20)24-14-16-26(17-15-24)22(27)25-12-10-19(11-13-25)18-4-2-1-3-5-18/h1-9,19H,10-17H2. The molecule has 0 unspecified atom stereocenters. The van der Waals surface area contributed by atoms with Gasteiger partial charge in [0.15, 0.2) is 0 Å². The molecule has 0 aliphatic carbocycles. The lowest BCUT2D eigenvalue weighted by Crippen LogP contribution is -2.54. The van der Waals surface area contributed by atoms with Crippen molar-refractivity contribution < 1.29 is 9.18 Å². The van der Waals surface area contributed by atoms with Gasteiger partial charge in [0, 0.05) is 45.0 Å². The van der Waals surface area contributed by atoms with Gasteiger partial charge in [-0.25, -0.2) is 9.18 Å². The molecule has 0 atom stereocenters. The lowest BCUT2D eigenvalue weighted by atomic mass is 9.89. The van der Waals surface area contributed by atoms with Gasteiger partial charge in [0.2, 0.25) is 0 Å². The van der Waals surface area contributed by atoms with Crippen molar-refractivity contribution in [3.63, 3.8) is 0 Å². The first-order valence-corrected chi connectivity index (χ1v) is 9.80. The number of anilines is 1. The second kappa shape index (κ2) is 7.99. The number of carbonyl (C=O) groups excluding carboxylic acids is 1. The Morgan fingerprint density at radius 1 is 0.778 bits per heavy atom. The van der Waals surface area contributed by atoms with Crippen molar-refractivity contribution >= 4 is 11.7 Å². The summed E-state index contributed by atoms with van der Waals surface area (Å²) < 4.78 is 13.1. The van der Waals surface area contributed by atoms with E-state index in [2.05, 4.69) is 29.2 Å². The molecule has 27 heavy (non-hydrogen) atoms. The molecule has 2 saturated heterocycles. The summed E-state index contributed by atoms with van der Waals surface area (Å²) >= 11 is 0. The first-order chi connectivity index (χ1) is 13.2. The number of hydrogen-bond acceptors (Lipinski definition) is 2. The third kappa shape index (κ3) is 4.07. The maximum Gasteiger partial charge on any atom is 0.320 e. The summed E-state index contributed by atoms with van der Waals surface area (Å²) in [4.78, 5) is 19.0. The van der Waals surface area contributed by atoms with Crippen molar-refractivity contribution in [2.24, 2.45) is 0 Å². The number of likely N-dealkylation sites (tertiary alicyclic amines) is 1. The molecule has 2 aliphatic heterocycles. The summed E-state index contributed by atoms with van der Waals surface area (Å²) in [7, 11) is 0. The Kier molecular flexibility index (Phi) is 5.28. The molecule has 5 heteroatoms. The van der Waals surface area contributed by atoms with E-state index in [0.29, 0.717) is 5.92 Å². The molecule has 2 aliphatic rings. The van der Waals surface area contributed by atoms with Crippen LogP contribution in [0.5, 0.6) is 0 Å². The van der Waals surface area contributed by atoms with E-state index in [1.807, 2.05) is 15.9 Å². The minimum absolute atomic E-state index is 0.167. The molecule has 4 nitrogen and oxygen atoms in total. The van der Waals surface area contributed by atoms with Gasteiger partial charge in [-0.05, 0) is 48.6 Å². The molecule has 0 radical (unpaired) electrons. The highest BCUT2D eigenvalue weighted by molar-refractivity contribution is 5.75. The van der Waals surface area contributed by atoms with Gasteiger partial charge in [-0.1, -0.05) is 30.3 Å². The summed E-state index contributed by atoms with van der Waals surface area (Å²) in [5, 5.41) is 0. The molecule has 142 valence electrons. The molecule has 2 fully saturated rings. The van der Waals surface area contributed by atoms with E-state index in [4.69, 9.17) is 0 Å². The number of halogens is 1. The second-order valence-electron chi connectivity index (χ2n) is 7.41. The number of piperazine rings is 1. The number of urea groups is 1. The van der Waals surface area contributed by atoms with Crippen LogP contribution < -0.4 is 4.90 Å². The summed E-state index contributed by atoms with van der Waals surface area (Å²) in [6.45, 7) is 4.67. The largest absolute Gasteiger partial charge is 0.368 e. The topological polar surface area (TPSA) is 26.8 Å². The number of amides is 2. The van der Waals surface area contributed by atoms with E-state index in [1.165, 1.54) is 17.7 Å². The lowest BCUT2D eigenvalue weighted by Gasteiger charge is -2.40. The maximum atomic E-state index is 13.1. The van der Waals surface area contributed by atoms with Crippen molar-refractivity contribution in [2.75, 3.05) is 44.2 Å². The van der Waals surface area contributed by atoms with Crippen LogP contribution in [0.3, 0.4) is 0 Å². The van der Waals surface area contributed by atoms with Crippen molar-refractivity contribution in [3.8, 4) is 0 Å². The van der Waals surface area contributed by atoms with Crippen LogP contribution in [-0.4, -0.2) is 55.1 Å². The Morgan fingerprint density at radius 3 is 2.00 bits per heavy atom. The number of hydrogen-bond donors (Lipinski definition) is 0. The monoisotopic (exact) mass is 367 g/mol. The Bertz CT molecular complexity index is 749. The molecular formula is C22H26FN3O. The maximum absolute atomic E-state index is 13.1. The predicted octanol–water partition coefficient (Wildman–Crippen LogP) is 3.95. The average molecular weight is 367 g/mol. The predicted molar refractivity (Wildman–Crippen MR) is 106 cm³/mol. The fourth-order valence-electron chi connectivity index (χ4n) is 4.14. The number of rotatable bonds is 2. The fourth-order valence-corrected chi connectivity index (χ4v) is 4.14. The summed E-state index contributed by atoms with van der Waals surface area (Å²) in [6.07, 6.45) is 2.07. The van der Waals surface area contributed by atoms with Crippen LogP contribution in [0.1, 0.15) is 24.3 Å². The highest BCUT2D eigenvalue weighted by Gasteiger charge is 2.29. The molecule has 2 aromatic carbocycles. The molecule has 2 amide bonds. The summed E-state index contributed by atoms with van der Waals surface area (Å²) in [5.41, 5.74) is 2.41. The van der Waals surface area contributed by atoms with Crippen LogP contribution in [0.25, 0.3) is 0 Å². The minimum Gasteiger partial charge on any atom is -0.368 e. The van der Waals surface area contributed by atoms with Gasteiger partial charge in [0.1, 0.15) is 5.82 Å². The normalized spacial score (nSPS) is 18.6. The van der Waals surface area contributed by atoms with Crippen LogP contribution in [0.4, 0.5) is 14.9 Å². The Hall–Kier alpha value is -2.56. The minimum atomic E-state index is -0.216. The molecule has 0 spiro atoms. The molecular weight excluding hydrogens is 341 g/mol. The Balaban J connectivity index is 1.28. The van der Waals surface area contributed by atoms with Gasteiger partial charge in [0.25, 0.3) is 0 Å². The van der Waals surface area contributed by atoms with Gasteiger partial charge in [-0.3, -0.25) is 0 Å². The van der Waals surface area contributed by atoms with E-state index < -0.39 is 0 Å². The summed E-state index contributed by atoms with van der Waals surface area (Å²) in [5.74, 6) is 0.344. The van der Waals surface area contributed by atoms with E-state index >= 15 is 0 Å². The third-order valence-electron chi connectivity index (χ3n) is 5.78. The zero-order valence-corrected chi connectivity index (χ0v) is 15.6. The number of carbonyl (C=O) groups is 1. The van der Waals surface area contributed by atoms with Crippen LogP contribution in [0.2, 0.25) is 0 Å². The Labute approximate surface area is 160 Å². The molecule has 2 aromatic rings. The van der Waals surface area contributed by atoms with Gasteiger partial charge >= 0.3 is 6.03 Å². The van der Waals surface area contributed by atoms with E-state index in [-0.39, 0.29) is 11.8 Å². The first kappa shape index (κ1) is 17.8. The van der Waals surface area contributed by atoms with E-state index in [1.54, 1.807) is 12.1 Å². The number of nitrogens with zero attached hydrogens (tertiary/aromatic N) is 3. The molecule has 0 N–H and O–H groups in total. The van der Waals surface area contributed by atoms with Crippen molar-refractivity contribution in [1.29, 1.82) is 0 Å². The smallest absolute Gasteiger partial charge is 0.320 e. The zero-order valence-electron chi connectivity index (χ0n) is 15.6. The molecule has 0 aromatic heterocycles. The van der Waals surface area contributed by atoms with Crippen molar-refractivity contribution in [1.82, 2.24) is 9.80 Å². The van der Waals surface area contributed by atoms with Crippen LogP contribution in [0, 0.1) is 5.82 Å². The fraction of sp³-hybridized carbons (Fsp3) is 0.409. The van der Waals surface area contributed by atoms with Crippen LogP contribution in [-0.2, 0) is 0 Å². The van der Waals surface area contributed by atoms with Crippen LogP contribution >= 0.6 is 0 Å². The van der Waals surface area contributed by atoms with Gasteiger partial charge in [-0.15, -0.1) is 0 Å². The van der Waals surface area contributed by atoms with E-state index in [9.17, 15) is 9.18 Å². The van der Waals surface area contributed by atoms with Crippen molar-refractivity contribution in [3.05, 3.63) is 66.0 Å². The SMILES string of the molecule is O=C(N1CCC(c2ccccc2)CC1)N1CCN(c2ccc(F)cc2)CC1. The van der Waals surface area contributed by atoms with Crippen LogP contribution in [0.15, 0.2) is 54.6 Å². The van der Waals surface area contributed by atoms with Gasteiger partial charge in [-0.2, -0.15) is 0 Å². The Morgan fingerprint density at radius 2 is 1.37 bits per heavy atom. The molecule has 0 bridgehead atoms. The quantitative estimate of drug-likeness (QED) is 0.804. The molecule has 4 rings (SSSR count).